The van der Waals surface area contributed by atoms with E-state index in [1.54, 1.807) is 18.9 Å². The molecule has 1 atom stereocenters. The number of nitriles is 1. The minimum atomic E-state index is -0.196. The highest BCUT2D eigenvalue weighted by Gasteiger charge is 2.30. The summed E-state index contributed by atoms with van der Waals surface area (Å²) in [6, 6.07) is 17.3. The van der Waals surface area contributed by atoms with Crippen LogP contribution in [-0.4, -0.2) is 47.9 Å². The van der Waals surface area contributed by atoms with E-state index in [0.717, 1.165) is 42.1 Å². The first-order chi connectivity index (χ1) is 15.6. The summed E-state index contributed by atoms with van der Waals surface area (Å²) in [7, 11) is 3.26. The van der Waals surface area contributed by atoms with Crippen LogP contribution in [0.5, 0.6) is 11.5 Å². The van der Waals surface area contributed by atoms with Gasteiger partial charge in [0.2, 0.25) is 5.91 Å². The van der Waals surface area contributed by atoms with Gasteiger partial charge in [0, 0.05) is 17.7 Å². The fourth-order valence-electron chi connectivity index (χ4n) is 4.13. The molecule has 164 valence electrons. The van der Waals surface area contributed by atoms with Gasteiger partial charge in [-0.25, -0.2) is 4.68 Å². The van der Waals surface area contributed by atoms with Gasteiger partial charge in [-0.15, -0.1) is 0 Å². The number of amides is 1. The SMILES string of the molecule is COc1ccc(C2CCCN2CC(=O)Nc2c(C#N)cnn2-c2ccccc2)c(OC)c1. The number of benzene rings is 2. The van der Waals surface area contributed by atoms with Gasteiger partial charge in [0.25, 0.3) is 0 Å². The number of carbonyl (C=O) groups is 1. The van der Waals surface area contributed by atoms with Crippen LogP contribution in [0.15, 0.2) is 54.7 Å². The minimum Gasteiger partial charge on any atom is -0.497 e. The van der Waals surface area contributed by atoms with Crippen LogP contribution in [0.3, 0.4) is 0 Å². The van der Waals surface area contributed by atoms with Crippen molar-refractivity contribution in [2.75, 3.05) is 32.6 Å². The average molecular weight is 431 g/mol. The first-order valence-electron chi connectivity index (χ1n) is 10.4. The quantitative estimate of drug-likeness (QED) is 0.615. The molecule has 1 unspecified atom stereocenters. The lowest BCUT2D eigenvalue weighted by Gasteiger charge is -2.26. The molecular weight excluding hydrogens is 406 g/mol. The molecule has 0 radical (unpaired) electrons. The summed E-state index contributed by atoms with van der Waals surface area (Å²) in [5.74, 6) is 1.65. The number of rotatable bonds is 7. The number of carbonyl (C=O) groups excluding carboxylic acids is 1. The molecule has 32 heavy (non-hydrogen) atoms. The molecule has 1 aliphatic heterocycles. The number of methoxy groups -OCH3 is 2. The molecular formula is C24H25N5O3. The molecule has 8 heteroatoms. The normalized spacial score (nSPS) is 15.8. The van der Waals surface area contributed by atoms with Crippen molar-refractivity contribution < 1.29 is 14.3 Å². The zero-order valence-corrected chi connectivity index (χ0v) is 18.1. The number of nitrogens with zero attached hydrogens (tertiary/aromatic N) is 4. The highest BCUT2D eigenvalue weighted by molar-refractivity contribution is 5.93. The van der Waals surface area contributed by atoms with Gasteiger partial charge in [0.1, 0.15) is 23.1 Å². The Morgan fingerprint density at radius 2 is 2.03 bits per heavy atom. The van der Waals surface area contributed by atoms with Crippen molar-refractivity contribution in [1.82, 2.24) is 14.7 Å². The molecule has 1 fully saturated rings. The number of hydrogen-bond donors (Lipinski definition) is 1. The Bertz CT molecular complexity index is 1140. The molecule has 1 saturated heterocycles. The van der Waals surface area contributed by atoms with Crippen LogP contribution in [-0.2, 0) is 4.79 Å². The molecule has 1 aliphatic rings. The maximum absolute atomic E-state index is 13.0. The smallest absolute Gasteiger partial charge is 0.239 e. The first kappa shape index (κ1) is 21.4. The van der Waals surface area contributed by atoms with Crippen molar-refractivity contribution in [3.63, 3.8) is 0 Å². The third-order valence-electron chi connectivity index (χ3n) is 5.66. The molecule has 1 aromatic heterocycles. The molecule has 0 bridgehead atoms. The predicted octanol–water partition coefficient (Wildman–Crippen LogP) is 3.54. The lowest BCUT2D eigenvalue weighted by Crippen LogP contribution is -2.33. The Labute approximate surface area is 187 Å². The third-order valence-corrected chi connectivity index (χ3v) is 5.66. The highest BCUT2D eigenvalue weighted by Crippen LogP contribution is 2.38. The van der Waals surface area contributed by atoms with Crippen molar-refractivity contribution in [1.29, 1.82) is 5.26 Å². The number of ether oxygens (including phenoxy) is 2. The summed E-state index contributed by atoms with van der Waals surface area (Å²) in [6.45, 7) is 1.00. The van der Waals surface area contributed by atoms with E-state index >= 15 is 0 Å². The summed E-state index contributed by atoms with van der Waals surface area (Å²) in [4.78, 5) is 15.1. The van der Waals surface area contributed by atoms with Gasteiger partial charge >= 0.3 is 0 Å². The number of likely N-dealkylation sites (tertiary alicyclic amines) is 1. The zero-order valence-electron chi connectivity index (χ0n) is 18.1. The lowest BCUT2D eigenvalue weighted by molar-refractivity contribution is -0.117. The van der Waals surface area contributed by atoms with E-state index in [2.05, 4.69) is 21.4 Å². The van der Waals surface area contributed by atoms with Crippen LogP contribution in [0.1, 0.15) is 30.0 Å². The topological polar surface area (TPSA) is 92.4 Å². The Kier molecular flexibility index (Phi) is 6.38. The second-order valence-electron chi connectivity index (χ2n) is 7.55. The van der Waals surface area contributed by atoms with Gasteiger partial charge < -0.3 is 14.8 Å². The van der Waals surface area contributed by atoms with Crippen LogP contribution < -0.4 is 14.8 Å². The van der Waals surface area contributed by atoms with E-state index in [4.69, 9.17) is 9.47 Å². The second-order valence-corrected chi connectivity index (χ2v) is 7.55. The van der Waals surface area contributed by atoms with Gasteiger partial charge in [-0.3, -0.25) is 9.69 Å². The van der Waals surface area contributed by atoms with Crippen molar-refractivity contribution in [3.05, 3.63) is 65.9 Å². The van der Waals surface area contributed by atoms with E-state index in [-0.39, 0.29) is 18.5 Å². The summed E-state index contributed by atoms with van der Waals surface area (Å²) in [5, 5.41) is 16.7. The number of para-hydroxylation sites is 1. The third kappa shape index (κ3) is 4.29. The second kappa shape index (κ2) is 9.54. The standard InChI is InChI=1S/C24H25N5O3/c1-31-19-10-11-20(22(13-19)32-2)21-9-6-12-28(21)16-23(30)27-24-17(14-25)15-26-29(24)18-7-4-3-5-8-18/h3-5,7-8,10-11,13,15,21H,6,9,12,16H2,1-2H3,(H,27,30). The number of aromatic nitrogens is 2. The van der Waals surface area contributed by atoms with Crippen molar-refractivity contribution in [3.8, 4) is 23.3 Å². The van der Waals surface area contributed by atoms with Crippen LogP contribution in [0.25, 0.3) is 5.69 Å². The minimum absolute atomic E-state index is 0.0658. The Balaban J connectivity index is 1.53. The lowest BCUT2D eigenvalue weighted by atomic mass is 10.0. The zero-order chi connectivity index (χ0) is 22.5. The number of nitrogens with one attached hydrogen (secondary N) is 1. The molecule has 4 rings (SSSR count). The van der Waals surface area contributed by atoms with Crippen molar-refractivity contribution in [2.45, 2.75) is 18.9 Å². The molecule has 2 heterocycles. The van der Waals surface area contributed by atoms with E-state index in [9.17, 15) is 10.1 Å². The Morgan fingerprint density at radius 3 is 2.75 bits per heavy atom. The van der Waals surface area contributed by atoms with Crippen molar-refractivity contribution >= 4 is 11.7 Å². The molecule has 2 aromatic carbocycles. The highest BCUT2D eigenvalue weighted by atomic mass is 16.5. The summed E-state index contributed by atoms with van der Waals surface area (Å²) in [6.07, 6.45) is 3.38. The van der Waals surface area contributed by atoms with E-state index in [1.807, 2.05) is 48.5 Å². The molecule has 8 nitrogen and oxygen atoms in total. The maximum atomic E-state index is 13.0. The monoisotopic (exact) mass is 431 g/mol. The fraction of sp³-hybridized carbons (Fsp3) is 0.292. The van der Waals surface area contributed by atoms with Gasteiger partial charge in [0.15, 0.2) is 5.82 Å². The van der Waals surface area contributed by atoms with E-state index in [0.29, 0.717) is 11.4 Å². The molecule has 0 aliphatic carbocycles. The molecule has 1 N–H and O–H groups in total. The number of anilines is 1. The largest absolute Gasteiger partial charge is 0.497 e. The molecule has 3 aromatic rings. The summed E-state index contributed by atoms with van der Waals surface area (Å²) >= 11 is 0. The van der Waals surface area contributed by atoms with Gasteiger partial charge in [-0.05, 0) is 37.6 Å². The number of hydrogen-bond acceptors (Lipinski definition) is 6. The van der Waals surface area contributed by atoms with Gasteiger partial charge in [0.05, 0.1) is 32.6 Å². The molecule has 1 amide bonds. The summed E-state index contributed by atoms with van der Waals surface area (Å²) in [5.41, 5.74) is 2.12. The maximum Gasteiger partial charge on any atom is 0.239 e. The molecule has 0 spiro atoms. The average Bonchev–Trinajstić information content (AvgIpc) is 3.45. The molecule has 0 saturated carbocycles. The van der Waals surface area contributed by atoms with E-state index < -0.39 is 0 Å². The fourth-order valence-corrected chi connectivity index (χ4v) is 4.13. The van der Waals surface area contributed by atoms with Gasteiger partial charge in [-0.2, -0.15) is 10.4 Å². The van der Waals surface area contributed by atoms with Crippen molar-refractivity contribution in [2.24, 2.45) is 0 Å². The predicted molar refractivity (Wildman–Crippen MR) is 120 cm³/mol. The Hall–Kier alpha value is -3.83. The van der Waals surface area contributed by atoms with Crippen LogP contribution in [0.4, 0.5) is 5.82 Å². The Morgan fingerprint density at radius 1 is 1.22 bits per heavy atom. The van der Waals surface area contributed by atoms with Crippen LogP contribution in [0, 0.1) is 11.3 Å². The van der Waals surface area contributed by atoms with E-state index in [1.165, 1.54) is 6.20 Å². The van der Waals surface area contributed by atoms with Gasteiger partial charge in [-0.1, -0.05) is 24.3 Å². The van der Waals surface area contributed by atoms with Crippen LogP contribution in [0.2, 0.25) is 0 Å². The van der Waals surface area contributed by atoms with Crippen LogP contribution >= 0.6 is 0 Å². The first-order valence-corrected chi connectivity index (χ1v) is 10.4. The summed E-state index contributed by atoms with van der Waals surface area (Å²) < 4.78 is 12.5.